The number of aromatic carboxylic acids is 1. The van der Waals surface area contributed by atoms with Gasteiger partial charge in [0.25, 0.3) is 0 Å². The first-order valence-corrected chi connectivity index (χ1v) is 5.45. The zero-order valence-corrected chi connectivity index (χ0v) is 10.3. The van der Waals surface area contributed by atoms with Crippen LogP contribution in [0.1, 0.15) is 50.4 Å². The molecule has 0 spiro atoms. The van der Waals surface area contributed by atoms with E-state index in [0.717, 1.165) is 6.42 Å². The Kier molecular flexibility index (Phi) is 3.73. The first-order valence-electron chi connectivity index (χ1n) is 5.45. The van der Waals surface area contributed by atoms with E-state index in [4.69, 9.17) is 9.52 Å². The van der Waals surface area contributed by atoms with Crippen molar-refractivity contribution in [1.29, 1.82) is 0 Å². The lowest BCUT2D eigenvalue weighted by atomic mass is 9.83. The highest BCUT2D eigenvalue weighted by molar-refractivity contribution is 5.86. The lowest BCUT2D eigenvalue weighted by Gasteiger charge is -2.22. The van der Waals surface area contributed by atoms with Gasteiger partial charge >= 0.3 is 5.97 Å². The van der Waals surface area contributed by atoms with Crippen LogP contribution in [0, 0.1) is 11.3 Å². The maximum Gasteiger partial charge on any atom is 0.358 e. The minimum Gasteiger partial charge on any atom is -0.476 e. The van der Waals surface area contributed by atoms with Crippen LogP contribution in [0.5, 0.6) is 0 Å². The molecular formula is C12H19NO3. The van der Waals surface area contributed by atoms with Crippen LogP contribution in [0.25, 0.3) is 0 Å². The van der Waals surface area contributed by atoms with E-state index in [0.29, 0.717) is 18.1 Å². The van der Waals surface area contributed by atoms with Gasteiger partial charge < -0.3 is 9.52 Å². The van der Waals surface area contributed by atoms with E-state index in [1.54, 1.807) is 0 Å². The summed E-state index contributed by atoms with van der Waals surface area (Å²) in [7, 11) is 0. The number of hydrogen-bond donors (Lipinski definition) is 1. The van der Waals surface area contributed by atoms with Gasteiger partial charge in [-0.3, -0.25) is 0 Å². The van der Waals surface area contributed by atoms with E-state index in [2.05, 4.69) is 32.7 Å². The summed E-state index contributed by atoms with van der Waals surface area (Å²) < 4.78 is 5.12. The Bertz CT molecular complexity index is 363. The molecule has 0 aliphatic heterocycles. The molecule has 0 bridgehead atoms. The van der Waals surface area contributed by atoms with Gasteiger partial charge in [0.15, 0.2) is 12.1 Å². The Morgan fingerprint density at radius 1 is 1.56 bits per heavy atom. The predicted octanol–water partition coefficient (Wildman–Crippen LogP) is 2.99. The Hall–Kier alpha value is -1.32. The molecule has 0 aliphatic carbocycles. The molecule has 0 saturated heterocycles. The third-order valence-corrected chi connectivity index (χ3v) is 2.34. The van der Waals surface area contributed by atoms with Gasteiger partial charge in [0.1, 0.15) is 5.76 Å². The van der Waals surface area contributed by atoms with E-state index in [1.807, 2.05) is 0 Å². The second-order valence-corrected chi connectivity index (χ2v) is 5.50. The minimum atomic E-state index is -1.02. The van der Waals surface area contributed by atoms with Crippen molar-refractivity contribution in [3.8, 4) is 0 Å². The zero-order chi connectivity index (χ0) is 12.3. The summed E-state index contributed by atoms with van der Waals surface area (Å²) in [6.45, 7) is 8.60. The van der Waals surface area contributed by atoms with E-state index >= 15 is 0 Å². The van der Waals surface area contributed by atoms with Crippen LogP contribution in [0.3, 0.4) is 0 Å². The molecule has 1 heterocycles. The molecule has 0 aromatic carbocycles. The predicted molar refractivity (Wildman–Crippen MR) is 60.4 cm³/mol. The van der Waals surface area contributed by atoms with Crippen LogP contribution in [0.4, 0.5) is 0 Å². The summed E-state index contributed by atoms with van der Waals surface area (Å²) in [5.41, 5.74) is 0.281. The lowest BCUT2D eigenvalue weighted by molar-refractivity contribution is 0.0688. The highest BCUT2D eigenvalue weighted by atomic mass is 16.4. The average molecular weight is 225 g/mol. The standard InChI is InChI=1S/C12H19NO3/c1-8(6-12(2,3)4)5-9-10(11(14)15)13-7-16-9/h7-8H,5-6H2,1-4H3,(H,14,15). The van der Waals surface area contributed by atoms with Gasteiger partial charge in [0.2, 0.25) is 0 Å². The molecule has 1 unspecified atom stereocenters. The van der Waals surface area contributed by atoms with Gasteiger partial charge in [-0.25, -0.2) is 9.78 Å². The van der Waals surface area contributed by atoms with E-state index < -0.39 is 5.97 Å². The van der Waals surface area contributed by atoms with Crippen LogP contribution in [-0.2, 0) is 6.42 Å². The molecule has 0 fully saturated rings. The van der Waals surface area contributed by atoms with Crippen molar-refractivity contribution >= 4 is 5.97 Å². The van der Waals surface area contributed by atoms with Crippen molar-refractivity contribution in [2.45, 2.75) is 40.5 Å². The van der Waals surface area contributed by atoms with Crippen molar-refractivity contribution in [1.82, 2.24) is 4.98 Å². The van der Waals surface area contributed by atoms with Crippen molar-refractivity contribution in [2.75, 3.05) is 0 Å². The van der Waals surface area contributed by atoms with Crippen LogP contribution < -0.4 is 0 Å². The molecule has 1 atom stereocenters. The summed E-state index contributed by atoms with van der Waals surface area (Å²) in [6.07, 6.45) is 2.84. The van der Waals surface area contributed by atoms with Crippen molar-refractivity contribution in [3.05, 3.63) is 17.8 Å². The second kappa shape index (κ2) is 4.68. The number of rotatable bonds is 4. The fourth-order valence-electron chi connectivity index (χ4n) is 2.02. The Balaban J connectivity index is 2.66. The zero-order valence-electron chi connectivity index (χ0n) is 10.3. The van der Waals surface area contributed by atoms with E-state index in [-0.39, 0.29) is 11.1 Å². The third-order valence-electron chi connectivity index (χ3n) is 2.34. The number of carbonyl (C=O) groups is 1. The molecule has 0 aliphatic rings. The van der Waals surface area contributed by atoms with Gasteiger partial charge in [0.05, 0.1) is 0 Å². The summed E-state index contributed by atoms with van der Waals surface area (Å²) in [5.74, 6) is -0.165. The quantitative estimate of drug-likeness (QED) is 0.855. The normalized spacial score (nSPS) is 13.8. The smallest absolute Gasteiger partial charge is 0.358 e. The summed E-state index contributed by atoms with van der Waals surface area (Å²) >= 11 is 0. The second-order valence-electron chi connectivity index (χ2n) is 5.50. The number of oxazole rings is 1. The van der Waals surface area contributed by atoms with Gasteiger partial charge in [-0.15, -0.1) is 0 Å². The van der Waals surface area contributed by atoms with Crippen LogP contribution in [0.2, 0.25) is 0 Å². The molecule has 0 amide bonds. The average Bonchev–Trinajstić information content (AvgIpc) is 2.47. The molecule has 1 rings (SSSR count). The van der Waals surface area contributed by atoms with Crippen LogP contribution >= 0.6 is 0 Å². The molecule has 0 radical (unpaired) electrons. The van der Waals surface area contributed by atoms with Crippen molar-refractivity contribution < 1.29 is 14.3 Å². The monoisotopic (exact) mass is 225 g/mol. The highest BCUT2D eigenvalue weighted by Crippen LogP contribution is 2.26. The number of carboxylic acid groups (broad SMARTS) is 1. The number of hydrogen-bond acceptors (Lipinski definition) is 3. The van der Waals surface area contributed by atoms with Crippen molar-refractivity contribution in [2.24, 2.45) is 11.3 Å². The Labute approximate surface area is 95.7 Å². The van der Waals surface area contributed by atoms with Gasteiger partial charge in [-0.2, -0.15) is 0 Å². The fourth-order valence-corrected chi connectivity index (χ4v) is 2.02. The molecule has 0 saturated carbocycles. The summed E-state index contributed by atoms with van der Waals surface area (Å²) in [5, 5.41) is 8.88. The molecule has 1 aromatic heterocycles. The number of carboxylic acids is 1. The maximum absolute atomic E-state index is 10.8. The molecule has 4 nitrogen and oxygen atoms in total. The molecule has 4 heteroatoms. The lowest BCUT2D eigenvalue weighted by Crippen LogP contribution is -2.13. The van der Waals surface area contributed by atoms with Crippen molar-refractivity contribution in [3.63, 3.8) is 0 Å². The van der Waals surface area contributed by atoms with Crippen LogP contribution in [-0.4, -0.2) is 16.1 Å². The minimum absolute atomic E-state index is 0.0424. The largest absolute Gasteiger partial charge is 0.476 e. The number of aromatic nitrogens is 1. The molecule has 1 N–H and O–H groups in total. The maximum atomic E-state index is 10.8. The Morgan fingerprint density at radius 2 is 2.19 bits per heavy atom. The topological polar surface area (TPSA) is 63.3 Å². The Morgan fingerprint density at radius 3 is 2.69 bits per heavy atom. The van der Waals surface area contributed by atoms with E-state index in [1.165, 1.54) is 6.39 Å². The highest BCUT2D eigenvalue weighted by Gasteiger charge is 2.21. The van der Waals surface area contributed by atoms with Crippen LogP contribution in [0.15, 0.2) is 10.8 Å². The molecule has 90 valence electrons. The SMILES string of the molecule is CC(Cc1ocnc1C(=O)O)CC(C)(C)C. The van der Waals surface area contributed by atoms with Gasteiger partial charge in [-0.1, -0.05) is 27.7 Å². The first kappa shape index (κ1) is 12.7. The fraction of sp³-hybridized carbons (Fsp3) is 0.667. The first-order chi connectivity index (χ1) is 7.29. The summed E-state index contributed by atoms with van der Waals surface area (Å²) in [4.78, 5) is 14.5. The molecule has 1 aromatic rings. The third kappa shape index (κ3) is 3.68. The van der Waals surface area contributed by atoms with Gasteiger partial charge in [-0.05, 0) is 17.8 Å². The molecule has 16 heavy (non-hydrogen) atoms. The number of nitrogens with zero attached hydrogens (tertiary/aromatic N) is 1. The van der Waals surface area contributed by atoms with Gasteiger partial charge in [0, 0.05) is 6.42 Å². The molecular weight excluding hydrogens is 206 g/mol. The van der Waals surface area contributed by atoms with E-state index in [9.17, 15) is 4.79 Å². The summed E-state index contributed by atoms with van der Waals surface area (Å²) in [6, 6.07) is 0.